The van der Waals surface area contributed by atoms with E-state index in [0.717, 1.165) is 11.3 Å². The number of hydrogen-bond acceptors (Lipinski definition) is 5. The lowest BCUT2D eigenvalue weighted by Gasteiger charge is -2.43. The van der Waals surface area contributed by atoms with Crippen molar-refractivity contribution in [1.82, 2.24) is 15.2 Å². The number of anilines is 1. The zero-order chi connectivity index (χ0) is 21.0. The molecule has 4 amide bonds. The summed E-state index contributed by atoms with van der Waals surface area (Å²) in [5.74, 6) is 0.111. The van der Waals surface area contributed by atoms with Gasteiger partial charge in [-0.25, -0.2) is 9.78 Å². The van der Waals surface area contributed by atoms with E-state index in [-0.39, 0.29) is 17.9 Å². The Balaban J connectivity index is 1.47. The van der Waals surface area contributed by atoms with Gasteiger partial charge in [0.15, 0.2) is 11.5 Å². The lowest BCUT2D eigenvalue weighted by atomic mass is 9.64. The number of nitrogens with one attached hydrogen (secondary N) is 2. The number of urea groups is 1. The molecule has 2 heterocycles. The Kier molecular flexibility index (Phi) is 4.40. The zero-order valence-corrected chi connectivity index (χ0v) is 17.2. The van der Waals surface area contributed by atoms with Crippen molar-refractivity contribution in [1.29, 1.82) is 0 Å². The molecular formula is C21H26N4O4. The summed E-state index contributed by atoms with van der Waals surface area (Å²) < 4.78 is 5.42. The SMILES string of the molecule is Cc1nc2cc(NC(=O)CN3C(=O)N[C@]4(C[C@H](C)CC(C)(C)C4)C3=O)ccc2o1. The van der Waals surface area contributed by atoms with Crippen LogP contribution in [-0.2, 0) is 9.59 Å². The van der Waals surface area contributed by atoms with Gasteiger partial charge >= 0.3 is 6.03 Å². The summed E-state index contributed by atoms with van der Waals surface area (Å²) in [6.45, 7) is 7.75. The fourth-order valence-corrected chi connectivity index (χ4v) is 5.11. The Bertz CT molecular complexity index is 1010. The van der Waals surface area contributed by atoms with Crippen molar-refractivity contribution in [2.75, 3.05) is 11.9 Å². The van der Waals surface area contributed by atoms with Crippen molar-refractivity contribution in [2.24, 2.45) is 11.3 Å². The molecule has 1 saturated carbocycles. The van der Waals surface area contributed by atoms with E-state index in [4.69, 9.17) is 4.42 Å². The van der Waals surface area contributed by atoms with Gasteiger partial charge in [-0.2, -0.15) is 0 Å². The molecule has 8 heteroatoms. The van der Waals surface area contributed by atoms with Gasteiger partial charge in [-0.1, -0.05) is 20.8 Å². The van der Waals surface area contributed by atoms with E-state index in [2.05, 4.69) is 36.4 Å². The standard InChI is InChI=1S/C21H26N4O4/c1-12-8-20(3,4)11-21(9-12)18(27)25(19(28)24-21)10-17(26)23-14-5-6-16-15(7-14)22-13(2)29-16/h5-7,12H,8-11H2,1-4H3,(H,23,26)(H,24,28)/t12-,21+/m1/s1. The van der Waals surface area contributed by atoms with E-state index in [1.54, 1.807) is 25.1 Å². The summed E-state index contributed by atoms with van der Waals surface area (Å²) in [6.07, 6.45) is 2.18. The molecule has 8 nitrogen and oxygen atoms in total. The monoisotopic (exact) mass is 398 g/mol. The molecule has 0 unspecified atom stereocenters. The molecule has 2 aliphatic rings. The van der Waals surface area contributed by atoms with Gasteiger partial charge in [0.05, 0.1) is 0 Å². The number of carbonyl (C=O) groups excluding carboxylic acids is 3. The van der Waals surface area contributed by atoms with E-state index in [0.29, 0.717) is 41.4 Å². The number of carbonyl (C=O) groups is 3. The van der Waals surface area contributed by atoms with Gasteiger partial charge in [-0.05, 0) is 48.8 Å². The number of aryl methyl sites for hydroxylation is 1. The molecule has 2 N–H and O–H groups in total. The average molecular weight is 398 g/mol. The molecule has 2 atom stereocenters. The van der Waals surface area contributed by atoms with E-state index in [1.807, 2.05) is 0 Å². The summed E-state index contributed by atoms with van der Waals surface area (Å²) in [4.78, 5) is 43.5. The highest BCUT2D eigenvalue weighted by Crippen LogP contribution is 2.46. The Hall–Kier alpha value is -2.90. The van der Waals surface area contributed by atoms with Crippen LogP contribution in [0.4, 0.5) is 10.5 Å². The van der Waals surface area contributed by atoms with Crippen LogP contribution in [0, 0.1) is 18.3 Å². The second-order valence-electron chi connectivity index (χ2n) is 9.22. The normalized spacial score (nSPS) is 26.2. The van der Waals surface area contributed by atoms with E-state index >= 15 is 0 Å². The van der Waals surface area contributed by atoms with Gasteiger partial charge in [0, 0.05) is 12.6 Å². The van der Waals surface area contributed by atoms with Crippen molar-refractivity contribution in [3.05, 3.63) is 24.1 Å². The Morgan fingerprint density at radius 3 is 2.83 bits per heavy atom. The lowest BCUT2D eigenvalue weighted by Crippen LogP contribution is -2.54. The second kappa shape index (κ2) is 6.57. The van der Waals surface area contributed by atoms with Crippen molar-refractivity contribution < 1.29 is 18.8 Å². The lowest BCUT2D eigenvalue weighted by molar-refractivity contribution is -0.136. The second-order valence-corrected chi connectivity index (χ2v) is 9.22. The molecule has 1 aliphatic heterocycles. The number of nitrogens with zero attached hydrogens (tertiary/aromatic N) is 2. The van der Waals surface area contributed by atoms with E-state index in [9.17, 15) is 14.4 Å². The van der Waals surface area contributed by atoms with Gasteiger partial charge in [0.25, 0.3) is 5.91 Å². The summed E-state index contributed by atoms with van der Waals surface area (Å²) in [5, 5.41) is 5.62. The predicted octanol–water partition coefficient (Wildman–Crippen LogP) is 3.21. The van der Waals surface area contributed by atoms with Crippen LogP contribution in [0.3, 0.4) is 0 Å². The van der Waals surface area contributed by atoms with Gasteiger partial charge in [-0.15, -0.1) is 0 Å². The minimum Gasteiger partial charge on any atom is -0.441 e. The molecule has 2 aromatic rings. The number of aromatic nitrogens is 1. The average Bonchev–Trinajstić information content (AvgIpc) is 3.04. The first-order valence-electron chi connectivity index (χ1n) is 9.88. The number of imide groups is 1. The van der Waals surface area contributed by atoms with Crippen LogP contribution in [0.15, 0.2) is 22.6 Å². The minimum atomic E-state index is -0.907. The van der Waals surface area contributed by atoms with Crippen LogP contribution in [0.25, 0.3) is 11.1 Å². The topological polar surface area (TPSA) is 105 Å². The minimum absolute atomic E-state index is 0.0516. The third-order valence-corrected chi connectivity index (χ3v) is 5.70. The molecule has 0 radical (unpaired) electrons. The van der Waals surface area contributed by atoms with Crippen LogP contribution < -0.4 is 10.6 Å². The zero-order valence-electron chi connectivity index (χ0n) is 17.2. The fraction of sp³-hybridized carbons (Fsp3) is 0.524. The number of oxazole rings is 1. The van der Waals surface area contributed by atoms with Crippen molar-refractivity contribution >= 4 is 34.6 Å². The van der Waals surface area contributed by atoms with Gasteiger partial charge in [-0.3, -0.25) is 14.5 Å². The van der Waals surface area contributed by atoms with E-state index in [1.165, 1.54) is 0 Å². The third-order valence-electron chi connectivity index (χ3n) is 5.70. The first-order valence-corrected chi connectivity index (χ1v) is 9.88. The smallest absolute Gasteiger partial charge is 0.325 e. The quantitative estimate of drug-likeness (QED) is 0.773. The first-order chi connectivity index (χ1) is 13.6. The number of hydrogen-bond donors (Lipinski definition) is 2. The van der Waals surface area contributed by atoms with Crippen molar-refractivity contribution in [3.8, 4) is 0 Å². The number of rotatable bonds is 3. The van der Waals surface area contributed by atoms with Crippen molar-refractivity contribution in [2.45, 2.75) is 52.5 Å². The maximum absolute atomic E-state index is 13.1. The fourth-order valence-electron chi connectivity index (χ4n) is 5.11. The Labute approximate surface area is 169 Å². The summed E-state index contributed by atoms with van der Waals surface area (Å²) in [5.41, 5.74) is 0.836. The molecule has 4 rings (SSSR count). The van der Waals surface area contributed by atoms with Crippen LogP contribution in [0.5, 0.6) is 0 Å². The number of fused-ring (bicyclic) bond motifs is 1. The first kappa shape index (κ1) is 19.4. The van der Waals surface area contributed by atoms with Gasteiger partial charge in [0.2, 0.25) is 5.91 Å². The molecule has 1 aromatic heterocycles. The van der Waals surface area contributed by atoms with E-state index < -0.39 is 17.5 Å². The van der Waals surface area contributed by atoms with Crippen LogP contribution >= 0.6 is 0 Å². The molecule has 1 aromatic carbocycles. The Morgan fingerprint density at radius 2 is 2.10 bits per heavy atom. The van der Waals surface area contributed by atoms with Crippen LogP contribution in [0.2, 0.25) is 0 Å². The van der Waals surface area contributed by atoms with Crippen molar-refractivity contribution in [3.63, 3.8) is 0 Å². The summed E-state index contributed by atoms with van der Waals surface area (Å²) >= 11 is 0. The van der Waals surface area contributed by atoms with Crippen LogP contribution in [-0.4, -0.2) is 39.8 Å². The maximum Gasteiger partial charge on any atom is 0.325 e. The Morgan fingerprint density at radius 1 is 1.34 bits per heavy atom. The molecule has 2 fully saturated rings. The highest BCUT2D eigenvalue weighted by Gasteiger charge is 2.56. The molecule has 1 spiro atoms. The molecule has 1 saturated heterocycles. The van der Waals surface area contributed by atoms with Gasteiger partial charge < -0.3 is 15.1 Å². The molecule has 0 bridgehead atoms. The maximum atomic E-state index is 13.1. The highest BCUT2D eigenvalue weighted by molar-refractivity contribution is 6.10. The number of benzene rings is 1. The molecule has 29 heavy (non-hydrogen) atoms. The van der Waals surface area contributed by atoms with Crippen LogP contribution in [0.1, 0.15) is 45.9 Å². The summed E-state index contributed by atoms with van der Waals surface area (Å²) in [7, 11) is 0. The molecular weight excluding hydrogens is 372 g/mol. The van der Waals surface area contributed by atoms with Gasteiger partial charge in [0.1, 0.15) is 17.6 Å². The highest BCUT2D eigenvalue weighted by atomic mass is 16.3. The third kappa shape index (κ3) is 3.59. The number of amides is 4. The predicted molar refractivity (Wildman–Crippen MR) is 107 cm³/mol. The largest absolute Gasteiger partial charge is 0.441 e. The summed E-state index contributed by atoms with van der Waals surface area (Å²) in [6, 6.07) is 4.61. The molecule has 1 aliphatic carbocycles. The molecule has 154 valence electrons.